The fourth-order valence-electron chi connectivity index (χ4n) is 2.90. The summed E-state index contributed by atoms with van der Waals surface area (Å²) in [4.78, 5) is 14.3. The molecule has 1 heterocycles. The average molecular weight is 289 g/mol. The number of rotatable bonds is 8. The molecule has 1 aliphatic heterocycles. The topological polar surface area (TPSA) is 44.4 Å². The molecule has 116 valence electrons. The highest BCUT2D eigenvalue weighted by molar-refractivity contribution is 5.75. The highest BCUT2D eigenvalue weighted by Crippen LogP contribution is 2.19. The predicted octanol–water partition coefficient (Wildman–Crippen LogP) is 1.77. The first-order valence-corrected chi connectivity index (χ1v) is 7.99. The second-order valence-corrected chi connectivity index (χ2v) is 5.76. The molecule has 0 bridgehead atoms. The van der Waals surface area contributed by atoms with E-state index in [1.165, 1.54) is 18.4 Å². The van der Waals surface area contributed by atoms with Crippen molar-refractivity contribution in [2.75, 3.05) is 26.7 Å². The number of carbonyl (C=O) groups excluding carboxylic acids is 1. The number of carbonyl (C=O) groups is 1. The molecule has 0 saturated carbocycles. The van der Waals surface area contributed by atoms with Crippen LogP contribution in [0.4, 0.5) is 0 Å². The molecule has 1 aliphatic rings. The van der Waals surface area contributed by atoms with Gasteiger partial charge in [-0.25, -0.2) is 0 Å². The van der Waals surface area contributed by atoms with Crippen LogP contribution in [0.3, 0.4) is 0 Å². The number of amides is 1. The molecule has 1 aromatic carbocycles. The van der Waals surface area contributed by atoms with E-state index >= 15 is 0 Å². The Bertz CT molecular complexity index is 421. The number of nitrogens with zero attached hydrogens (tertiary/aromatic N) is 1. The number of hydrogen-bond donors (Lipinski definition) is 2. The van der Waals surface area contributed by atoms with Gasteiger partial charge in [0.25, 0.3) is 0 Å². The summed E-state index contributed by atoms with van der Waals surface area (Å²) in [6, 6.07) is 11.1. The van der Waals surface area contributed by atoms with Gasteiger partial charge < -0.3 is 10.6 Å². The van der Waals surface area contributed by atoms with Crippen LogP contribution in [0.5, 0.6) is 0 Å². The maximum Gasteiger partial charge on any atom is 0.220 e. The number of likely N-dealkylation sites (tertiary alicyclic amines) is 1. The summed E-state index contributed by atoms with van der Waals surface area (Å²) in [6.45, 7) is 3.80. The lowest BCUT2D eigenvalue weighted by Crippen LogP contribution is -2.39. The summed E-state index contributed by atoms with van der Waals surface area (Å²) in [7, 11) is 1.91. The summed E-state index contributed by atoms with van der Waals surface area (Å²) in [5.74, 6) is 0.178. The molecule has 1 saturated heterocycles. The number of benzene rings is 1. The third kappa shape index (κ3) is 5.48. The molecule has 21 heavy (non-hydrogen) atoms. The Kier molecular flexibility index (Phi) is 6.70. The molecule has 0 aromatic heterocycles. The Balaban J connectivity index is 1.73. The van der Waals surface area contributed by atoms with E-state index in [4.69, 9.17) is 0 Å². The van der Waals surface area contributed by atoms with Crippen molar-refractivity contribution in [1.29, 1.82) is 0 Å². The van der Waals surface area contributed by atoms with Gasteiger partial charge in [0, 0.05) is 25.6 Å². The first-order valence-electron chi connectivity index (χ1n) is 7.99. The van der Waals surface area contributed by atoms with E-state index in [1.807, 2.05) is 7.05 Å². The molecular formula is C17H27N3O. The van der Waals surface area contributed by atoms with Crippen LogP contribution in [0.25, 0.3) is 0 Å². The maximum atomic E-state index is 11.8. The fourth-order valence-corrected chi connectivity index (χ4v) is 2.90. The van der Waals surface area contributed by atoms with Gasteiger partial charge in [-0.2, -0.15) is 0 Å². The van der Waals surface area contributed by atoms with Gasteiger partial charge in [-0.3, -0.25) is 9.69 Å². The normalized spacial score (nSPS) is 18.8. The van der Waals surface area contributed by atoms with Crippen molar-refractivity contribution >= 4 is 5.91 Å². The third-order valence-electron chi connectivity index (χ3n) is 4.09. The zero-order valence-corrected chi connectivity index (χ0v) is 13.0. The Morgan fingerprint density at radius 2 is 2.14 bits per heavy atom. The summed E-state index contributed by atoms with van der Waals surface area (Å²) < 4.78 is 0. The Morgan fingerprint density at radius 3 is 2.90 bits per heavy atom. The van der Waals surface area contributed by atoms with Crippen molar-refractivity contribution in [2.24, 2.45) is 0 Å². The minimum absolute atomic E-state index is 0.178. The first-order chi connectivity index (χ1) is 10.3. The zero-order chi connectivity index (χ0) is 14.9. The van der Waals surface area contributed by atoms with Gasteiger partial charge in [-0.05, 0) is 45.0 Å². The van der Waals surface area contributed by atoms with Crippen LogP contribution in [0.15, 0.2) is 30.3 Å². The van der Waals surface area contributed by atoms with Crippen LogP contribution in [0, 0.1) is 0 Å². The molecule has 1 atom stereocenters. The molecular weight excluding hydrogens is 262 g/mol. The largest absolute Gasteiger partial charge is 0.355 e. The van der Waals surface area contributed by atoms with Crippen molar-refractivity contribution in [3.63, 3.8) is 0 Å². The van der Waals surface area contributed by atoms with E-state index in [-0.39, 0.29) is 5.91 Å². The minimum atomic E-state index is 0.178. The molecule has 0 aliphatic carbocycles. The van der Waals surface area contributed by atoms with Crippen LogP contribution < -0.4 is 10.6 Å². The van der Waals surface area contributed by atoms with E-state index < -0.39 is 0 Å². The van der Waals surface area contributed by atoms with E-state index in [2.05, 4.69) is 45.9 Å². The molecule has 4 heteroatoms. The van der Waals surface area contributed by atoms with E-state index in [0.29, 0.717) is 12.5 Å². The molecule has 0 radical (unpaired) electrons. The lowest BCUT2D eigenvalue weighted by atomic mass is 10.1. The Morgan fingerprint density at radius 1 is 1.33 bits per heavy atom. The monoisotopic (exact) mass is 289 g/mol. The van der Waals surface area contributed by atoms with Gasteiger partial charge in [0.1, 0.15) is 0 Å². The molecule has 4 nitrogen and oxygen atoms in total. The third-order valence-corrected chi connectivity index (χ3v) is 4.09. The molecule has 2 rings (SSSR count). The van der Waals surface area contributed by atoms with Crippen molar-refractivity contribution < 1.29 is 4.79 Å². The zero-order valence-electron chi connectivity index (χ0n) is 13.0. The molecule has 1 unspecified atom stereocenters. The molecule has 2 N–H and O–H groups in total. The van der Waals surface area contributed by atoms with Crippen LogP contribution >= 0.6 is 0 Å². The quantitative estimate of drug-likeness (QED) is 0.717. The second kappa shape index (κ2) is 8.80. The number of nitrogens with one attached hydrogen (secondary N) is 2. The maximum absolute atomic E-state index is 11.8. The van der Waals surface area contributed by atoms with Crippen molar-refractivity contribution in [3.8, 4) is 0 Å². The van der Waals surface area contributed by atoms with Gasteiger partial charge in [-0.1, -0.05) is 30.3 Å². The van der Waals surface area contributed by atoms with Gasteiger partial charge in [0.2, 0.25) is 5.91 Å². The summed E-state index contributed by atoms with van der Waals surface area (Å²) in [6.07, 6.45) is 3.93. The predicted molar refractivity (Wildman–Crippen MR) is 86.0 cm³/mol. The van der Waals surface area contributed by atoms with Crippen molar-refractivity contribution in [2.45, 2.75) is 38.3 Å². The average Bonchev–Trinajstić information content (AvgIpc) is 2.94. The summed E-state index contributed by atoms with van der Waals surface area (Å²) >= 11 is 0. The van der Waals surface area contributed by atoms with Gasteiger partial charge >= 0.3 is 0 Å². The lowest BCUT2D eigenvalue weighted by Gasteiger charge is -2.24. The van der Waals surface area contributed by atoms with E-state index in [9.17, 15) is 4.79 Å². The fraction of sp³-hybridized carbons (Fsp3) is 0.588. The van der Waals surface area contributed by atoms with Gasteiger partial charge in [0.15, 0.2) is 0 Å². The second-order valence-electron chi connectivity index (χ2n) is 5.76. The van der Waals surface area contributed by atoms with E-state index in [0.717, 1.165) is 32.6 Å². The number of hydrogen-bond acceptors (Lipinski definition) is 3. The van der Waals surface area contributed by atoms with Crippen LogP contribution in [-0.4, -0.2) is 43.5 Å². The van der Waals surface area contributed by atoms with Crippen molar-refractivity contribution in [3.05, 3.63) is 35.9 Å². The van der Waals surface area contributed by atoms with Gasteiger partial charge in [0.05, 0.1) is 0 Å². The molecule has 0 spiro atoms. The molecule has 1 aromatic rings. The van der Waals surface area contributed by atoms with Crippen molar-refractivity contribution in [1.82, 2.24) is 15.5 Å². The Hall–Kier alpha value is -1.39. The SMILES string of the molecule is CNCCCC(=O)NCC1CCCN1Cc1ccccc1. The van der Waals surface area contributed by atoms with E-state index in [1.54, 1.807) is 0 Å². The lowest BCUT2D eigenvalue weighted by molar-refractivity contribution is -0.121. The van der Waals surface area contributed by atoms with Gasteiger partial charge in [-0.15, -0.1) is 0 Å². The van der Waals surface area contributed by atoms with Crippen LogP contribution in [0.1, 0.15) is 31.2 Å². The summed E-state index contributed by atoms with van der Waals surface area (Å²) in [5, 5.41) is 6.16. The molecule has 1 fully saturated rings. The Labute approximate surface area is 127 Å². The summed E-state index contributed by atoms with van der Waals surface area (Å²) in [5.41, 5.74) is 1.35. The first kappa shape index (κ1) is 16.0. The van der Waals surface area contributed by atoms with Crippen LogP contribution in [-0.2, 0) is 11.3 Å². The van der Waals surface area contributed by atoms with Crippen LogP contribution in [0.2, 0.25) is 0 Å². The minimum Gasteiger partial charge on any atom is -0.355 e. The highest BCUT2D eigenvalue weighted by Gasteiger charge is 2.24. The smallest absolute Gasteiger partial charge is 0.220 e. The molecule has 1 amide bonds. The standard InChI is InChI=1S/C17H27N3O/c1-18-11-5-10-17(21)19-13-16-9-6-12-20(16)14-15-7-3-2-4-8-15/h2-4,7-8,16,18H,5-6,9-14H2,1H3,(H,19,21). The highest BCUT2D eigenvalue weighted by atomic mass is 16.1.